The zero-order chi connectivity index (χ0) is 41.4. The predicted molar refractivity (Wildman–Crippen MR) is 237 cm³/mol. The van der Waals surface area contributed by atoms with Gasteiger partial charge in [-0.25, -0.2) is 0 Å². The van der Waals surface area contributed by atoms with Gasteiger partial charge in [-0.1, -0.05) is 77.8 Å². The molecule has 2 heterocycles. The van der Waals surface area contributed by atoms with E-state index in [1.54, 1.807) is 6.92 Å². The zero-order valence-electron chi connectivity index (χ0n) is 34.4. The lowest BCUT2D eigenvalue weighted by molar-refractivity contribution is -0.0980. The van der Waals surface area contributed by atoms with Crippen molar-refractivity contribution in [2.24, 2.45) is 7.05 Å². The Morgan fingerprint density at radius 1 is 0.930 bits per heavy atom. The van der Waals surface area contributed by atoms with E-state index in [1.165, 1.54) is 11.1 Å². The molecule has 2 aromatic heterocycles. The lowest BCUT2D eigenvalue weighted by Crippen LogP contribution is -2.29. The van der Waals surface area contributed by atoms with Gasteiger partial charge in [-0.05, 0) is 119 Å². The van der Waals surface area contributed by atoms with Gasteiger partial charge in [-0.3, -0.25) is 9.48 Å². The van der Waals surface area contributed by atoms with Crippen molar-refractivity contribution in [2.75, 3.05) is 25.5 Å². The van der Waals surface area contributed by atoms with E-state index in [0.29, 0.717) is 23.9 Å². The number of para-hydroxylation sites is 1. The molecular formula is C47H55Cl2N5O3. The Morgan fingerprint density at radius 3 is 2.26 bits per heavy atom. The summed E-state index contributed by atoms with van der Waals surface area (Å²) in [5, 5.41) is 14.6. The van der Waals surface area contributed by atoms with E-state index >= 15 is 0 Å². The maximum Gasteiger partial charge on any atom is 0.176 e. The third kappa shape index (κ3) is 9.81. The average molecular weight is 809 g/mol. The Morgan fingerprint density at radius 2 is 1.63 bits per heavy atom. The van der Waals surface area contributed by atoms with E-state index in [-0.39, 0.29) is 17.7 Å². The highest BCUT2D eigenvalue weighted by Gasteiger charge is 2.27. The third-order valence-electron chi connectivity index (χ3n) is 10.7. The molecule has 4 aromatic carbocycles. The first kappa shape index (κ1) is 43.2. The van der Waals surface area contributed by atoms with Gasteiger partial charge < -0.3 is 24.7 Å². The Balaban J connectivity index is 0.00000305. The standard InChI is InChI=1S/C46H53Cl2N5O2.CH2O/c1-28-22-38(23-29(2)44(28)48)55-21-13-18-35(24-36-16-12-17-37-25-41(33(6)54)53(46(36)37)27-34-14-10-9-11-15-34)39-19-20-40(47)43(45(39)50-30(3)26-49-7)42-31(4)51-52(8)32(42)5;1-2/h9-12,14-17,19-20,22-23,25,30,35,49-50H,13,18,21,24,26-27H2,1-8H3;1H2/t30-,35?;/m1./s1. The normalized spacial score (nSPS) is 12.2. The van der Waals surface area contributed by atoms with Crippen molar-refractivity contribution in [3.8, 4) is 16.9 Å². The second-order valence-corrected chi connectivity index (χ2v) is 15.7. The van der Waals surface area contributed by atoms with Gasteiger partial charge in [-0.15, -0.1) is 0 Å². The van der Waals surface area contributed by atoms with Crippen LogP contribution in [0, 0.1) is 27.7 Å². The van der Waals surface area contributed by atoms with Gasteiger partial charge in [0, 0.05) is 66.0 Å². The quantitative estimate of drug-likeness (QED) is 0.0748. The molecule has 0 saturated carbocycles. The summed E-state index contributed by atoms with van der Waals surface area (Å²) in [5.41, 5.74) is 12.4. The minimum Gasteiger partial charge on any atom is -0.494 e. The number of Topliss-reactive ketones (excluding diaryl/α,β-unsaturated/α-hetero) is 1. The molecule has 6 aromatic rings. The molecule has 0 aliphatic carbocycles. The number of carbonyl (C=O) groups is 2. The minimum atomic E-state index is 0.0500. The molecule has 2 atom stereocenters. The molecule has 300 valence electrons. The first-order valence-corrected chi connectivity index (χ1v) is 20.2. The highest BCUT2D eigenvalue weighted by Crippen LogP contribution is 2.45. The lowest BCUT2D eigenvalue weighted by Gasteiger charge is -2.27. The molecule has 1 unspecified atom stereocenters. The fraction of sp³-hybridized carbons (Fsp3) is 0.340. The van der Waals surface area contributed by atoms with E-state index in [2.05, 4.69) is 72.4 Å². The van der Waals surface area contributed by atoms with Crippen molar-refractivity contribution in [1.82, 2.24) is 19.7 Å². The number of aryl methyl sites for hydroxylation is 4. The molecule has 0 fully saturated rings. The number of benzene rings is 4. The predicted octanol–water partition coefficient (Wildman–Crippen LogP) is 10.9. The van der Waals surface area contributed by atoms with Crippen LogP contribution in [0.3, 0.4) is 0 Å². The number of nitrogens with zero attached hydrogens (tertiary/aromatic N) is 3. The van der Waals surface area contributed by atoms with Crippen LogP contribution in [-0.2, 0) is 24.8 Å². The molecule has 0 bridgehead atoms. The number of carbonyl (C=O) groups excluding carboxylic acids is 2. The fourth-order valence-corrected chi connectivity index (χ4v) is 8.36. The van der Waals surface area contributed by atoms with Crippen LogP contribution in [0.5, 0.6) is 5.75 Å². The molecule has 10 heteroatoms. The van der Waals surface area contributed by atoms with Gasteiger partial charge in [-0.2, -0.15) is 5.10 Å². The highest BCUT2D eigenvalue weighted by molar-refractivity contribution is 6.34. The molecule has 0 spiro atoms. The summed E-state index contributed by atoms with van der Waals surface area (Å²) in [5.74, 6) is 0.950. The lowest BCUT2D eigenvalue weighted by atomic mass is 9.84. The summed E-state index contributed by atoms with van der Waals surface area (Å²) >= 11 is 13.7. The van der Waals surface area contributed by atoms with Gasteiger partial charge in [0.1, 0.15) is 12.5 Å². The number of hydrogen-bond acceptors (Lipinski definition) is 6. The molecule has 0 radical (unpaired) electrons. The second-order valence-electron chi connectivity index (χ2n) is 14.9. The van der Waals surface area contributed by atoms with E-state index in [9.17, 15) is 4.79 Å². The minimum absolute atomic E-state index is 0.0500. The Labute approximate surface area is 347 Å². The van der Waals surface area contributed by atoms with E-state index in [0.717, 1.165) is 92.4 Å². The summed E-state index contributed by atoms with van der Waals surface area (Å²) in [6.45, 7) is 16.0. The fourth-order valence-electron chi connectivity index (χ4n) is 8.00. The zero-order valence-corrected chi connectivity index (χ0v) is 35.9. The highest BCUT2D eigenvalue weighted by atomic mass is 35.5. The number of ether oxygens (including phenoxy) is 1. The molecule has 0 aliphatic rings. The van der Waals surface area contributed by atoms with E-state index < -0.39 is 0 Å². The molecule has 2 N–H and O–H groups in total. The SMILES string of the molecule is C=O.CNC[C@@H](C)Nc1c(C(CCCOc2cc(C)c(Cl)c(C)c2)Cc2cccc3cc(C(C)=O)n(Cc4ccccc4)c23)ccc(Cl)c1-c1c(C)nn(C)c1C. The Hall–Kier alpha value is -4.89. The molecule has 0 saturated heterocycles. The van der Waals surface area contributed by atoms with Gasteiger partial charge in [0.25, 0.3) is 0 Å². The maximum atomic E-state index is 13.1. The Bertz CT molecular complexity index is 2310. The largest absolute Gasteiger partial charge is 0.494 e. The molecule has 6 rings (SSSR count). The number of anilines is 1. The third-order valence-corrected chi connectivity index (χ3v) is 11.6. The maximum absolute atomic E-state index is 13.1. The number of aromatic nitrogens is 3. The summed E-state index contributed by atoms with van der Waals surface area (Å²) in [6, 6.07) is 27.2. The molecule has 57 heavy (non-hydrogen) atoms. The van der Waals surface area contributed by atoms with Crippen LogP contribution in [0.1, 0.15) is 82.3 Å². The Kier molecular flexibility index (Phi) is 14.8. The topological polar surface area (TPSA) is 90.2 Å². The molecule has 0 amide bonds. The number of halogens is 2. The summed E-state index contributed by atoms with van der Waals surface area (Å²) in [6.07, 6.45) is 2.41. The monoisotopic (exact) mass is 807 g/mol. The van der Waals surface area contributed by atoms with Crippen molar-refractivity contribution in [3.05, 3.63) is 134 Å². The second kappa shape index (κ2) is 19.5. The van der Waals surface area contributed by atoms with Gasteiger partial charge in [0.2, 0.25) is 0 Å². The van der Waals surface area contributed by atoms with Crippen molar-refractivity contribution >= 4 is 52.4 Å². The summed E-state index contributed by atoms with van der Waals surface area (Å²) in [7, 11) is 3.95. The average Bonchev–Trinajstić information content (AvgIpc) is 3.68. The van der Waals surface area contributed by atoms with Crippen molar-refractivity contribution < 1.29 is 14.3 Å². The smallest absolute Gasteiger partial charge is 0.176 e. The van der Waals surface area contributed by atoms with Crippen LogP contribution >= 0.6 is 23.2 Å². The summed E-state index contributed by atoms with van der Waals surface area (Å²) < 4.78 is 10.5. The van der Waals surface area contributed by atoms with Gasteiger partial charge in [0.15, 0.2) is 5.78 Å². The molecule has 8 nitrogen and oxygen atoms in total. The first-order valence-electron chi connectivity index (χ1n) is 19.5. The van der Waals surface area contributed by atoms with E-state index in [4.69, 9.17) is 37.8 Å². The van der Waals surface area contributed by atoms with Crippen LogP contribution in [0.2, 0.25) is 10.0 Å². The van der Waals surface area contributed by atoms with Gasteiger partial charge >= 0.3 is 0 Å². The molecular weight excluding hydrogens is 753 g/mol. The number of hydrogen-bond donors (Lipinski definition) is 2. The number of ketones is 1. The van der Waals surface area contributed by atoms with Crippen molar-refractivity contribution in [1.29, 1.82) is 0 Å². The van der Waals surface area contributed by atoms with Crippen molar-refractivity contribution in [2.45, 2.75) is 79.3 Å². The van der Waals surface area contributed by atoms with Crippen LogP contribution in [-0.4, -0.2) is 53.2 Å². The summed E-state index contributed by atoms with van der Waals surface area (Å²) in [4.78, 5) is 21.1. The van der Waals surface area contributed by atoms with Crippen LogP contribution in [0.4, 0.5) is 5.69 Å². The van der Waals surface area contributed by atoms with Crippen LogP contribution in [0.15, 0.2) is 78.9 Å². The number of fused-ring (bicyclic) bond motifs is 1. The number of likely N-dealkylation sites (N-methyl/N-ethyl adjacent to an activating group) is 1. The van der Waals surface area contributed by atoms with E-state index in [1.807, 2.05) is 81.9 Å². The first-order chi connectivity index (χ1) is 27.4. The van der Waals surface area contributed by atoms with Crippen LogP contribution < -0.4 is 15.4 Å². The number of nitrogens with one attached hydrogen (secondary N) is 2. The van der Waals surface area contributed by atoms with Gasteiger partial charge in [0.05, 0.1) is 28.5 Å². The molecule has 0 aliphatic heterocycles. The number of rotatable bonds is 16. The van der Waals surface area contributed by atoms with Crippen molar-refractivity contribution in [3.63, 3.8) is 0 Å². The van der Waals surface area contributed by atoms with Crippen LogP contribution in [0.25, 0.3) is 22.0 Å².